The fourth-order valence-corrected chi connectivity index (χ4v) is 1.21. The Bertz CT molecular complexity index is 525. The first-order valence-electron chi connectivity index (χ1n) is 5.19. The van der Waals surface area contributed by atoms with E-state index < -0.39 is 17.8 Å². The highest BCUT2D eigenvalue weighted by molar-refractivity contribution is 5.99. The number of carbonyl (C=O) groups excluding carboxylic acids is 2. The maximum absolute atomic E-state index is 11.7. The van der Waals surface area contributed by atoms with E-state index in [0.717, 1.165) is 6.08 Å². The molecule has 2 amide bonds. The van der Waals surface area contributed by atoms with Crippen LogP contribution in [0.25, 0.3) is 0 Å². The van der Waals surface area contributed by atoms with Crippen LogP contribution in [0, 0.1) is 0 Å². The van der Waals surface area contributed by atoms with Crippen LogP contribution in [0.5, 0.6) is 5.75 Å². The molecule has 19 heavy (non-hydrogen) atoms. The van der Waals surface area contributed by atoms with Gasteiger partial charge in [0.1, 0.15) is 5.75 Å². The lowest BCUT2D eigenvalue weighted by molar-refractivity contribution is -0.131. The summed E-state index contributed by atoms with van der Waals surface area (Å²) >= 11 is 0. The van der Waals surface area contributed by atoms with Crippen molar-refractivity contribution >= 4 is 17.8 Å². The van der Waals surface area contributed by atoms with Gasteiger partial charge in [-0.15, -0.1) is 0 Å². The van der Waals surface area contributed by atoms with Gasteiger partial charge in [-0.25, -0.2) is 4.79 Å². The van der Waals surface area contributed by atoms with Crippen molar-refractivity contribution in [1.29, 1.82) is 0 Å². The Balaban J connectivity index is 2.61. The quantitative estimate of drug-likeness (QED) is 0.528. The third-order valence-corrected chi connectivity index (χ3v) is 2.03. The molecule has 0 aliphatic rings. The number of methoxy groups -OCH3 is 1. The number of aliphatic carboxylic acids is 1. The Morgan fingerprint density at radius 3 is 2.47 bits per heavy atom. The van der Waals surface area contributed by atoms with Crippen molar-refractivity contribution < 1.29 is 24.2 Å². The number of nitrogens with one attached hydrogen (secondary N) is 2. The summed E-state index contributed by atoms with van der Waals surface area (Å²) in [5.41, 5.74) is 4.42. The minimum atomic E-state index is -1.26. The Morgan fingerprint density at radius 1 is 1.16 bits per heavy atom. The zero-order valence-electron chi connectivity index (χ0n) is 10.0. The number of hydrazine groups is 1. The highest BCUT2D eigenvalue weighted by Crippen LogP contribution is 2.16. The van der Waals surface area contributed by atoms with Crippen molar-refractivity contribution in [1.82, 2.24) is 10.9 Å². The number of para-hydroxylation sites is 1. The van der Waals surface area contributed by atoms with Gasteiger partial charge < -0.3 is 9.84 Å². The minimum Gasteiger partial charge on any atom is -0.496 e. The zero-order valence-corrected chi connectivity index (χ0v) is 10.0. The van der Waals surface area contributed by atoms with Gasteiger partial charge in [-0.2, -0.15) is 0 Å². The van der Waals surface area contributed by atoms with Crippen molar-refractivity contribution in [2.45, 2.75) is 0 Å². The molecule has 0 saturated heterocycles. The van der Waals surface area contributed by atoms with Crippen molar-refractivity contribution in [3.05, 3.63) is 42.0 Å². The van der Waals surface area contributed by atoms with Gasteiger partial charge in [0, 0.05) is 12.2 Å². The molecule has 0 aromatic heterocycles. The molecular formula is C12H12N2O5. The van der Waals surface area contributed by atoms with Crippen molar-refractivity contribution in [2.24, 2.45) is 0 Å². The van der Waals surface area contributed by atoms with Crippen LogP contribution in [0.1, 0.15) is 10.4 Å². The molecule has 1 rings (SSSR count). The second kappa shape index (κ2) is 6.80. The molecule has 100 valence electrons. The lowest BCUT2D eigenvalue weighted by Gasteiger charge is -2.08. The van der Waals surface area contributed by atoms with E-state index in [-0.39, 0.29) is 5.56 Å². The van der Waals surface area contributed by atoms with E-state index in [2.05, 4.69) is 5.43 Å². The number of ether oxygens (including phenoxy) is 1. The van der Waals surface area contributed by atoms with Gasteiger partial charge in [0.25, 0.3) is 11.8 Å². The third-order valence-electron chi connectivity index (χ3n) is 2.03. The average molecular weight is 264 g/mol. The number of hydrogen-bond donors (Lipinski definition) is 3. The molecule has 0 unspecified atom stereocenters. The molecule has 0 saturated carbocycles. The van der Waals surface area contributed by atoms with Crippen LogP contribution in [-0.4, -0.2) is 30.0 Å². The smallest absolute Gasteiger partial charge is 0.328 e. The number of benzene rings is 1. The molecule has 0 fully saturated rings. The maximum Gasteiger partial charge on any atom is 0.328 e. The summed E-state index contributed by atoms with van der Waals surface area (Å²) < 4.78 is 4.99. The lowest BCUT2D eigenvalue weighted by Crippen LogP contribution is -2.40. The highest BCUT2D eigenvalue weighted by Gasteiger charge is 2.11. The summed E-state index contributed by atoms with van der Waals surface area (Å²) in [6.07, 6.45) is 1.44. The van der Waals surface area contributed by atoms with Crippen LogP contribution < -0.4 is 15.6 Å². The summed E-state index contributed by atoms with van der Waals surface area (Å²) in [7, 11) is 1.42. The number of carboxylic acid groups (broad SMARTS) is 1. The molecule has 0 aliphatic heterocycles. The van der Waals surface area contributed by atoms with Gasteiger partial charge in [0.15, 0.2) is 0 Å². The van der Waals surface area contributed by atoms with E-state index in [0.29, 0.717) is 11.8 Å². The maximum atomic E-state index is 11.7. The first-order valence-corrected chi connectivity index (χ1v) is 5.19. The van der Waals surface area contributed by atoms with Crippen molar-refractivity contribution in [2.75, 3.05) is 7.11 Å². The molecule has 0 atom stereocenters. The third kappa shape index (κ3) is 4.50. The van der Waals surface area contributed by atoms with E-state index in [1.807, 2.05) is 5.43 Å². The number of rotatable bonds is 4. The van der Waals surface area contributed by atoms with E-state index in [1.54, 1.807) is 18.2 Å². The Morgan fingerprint density at radius 2 is 1.84 bits per heavy atom. The van der Waals surface area contributed by atoms with E-state index in [4.69, 9.17) is 9.84 Å². The van der Waals surface area contributed by atoms with Crippen molar-refractivity contribution in [3.8, 4) is 5.75 Å². The van der Waals surface area contributed by atoms with E-state index in [1.165, 1.54) is 13.2 Å². The first kappa shape index (κ1) is 14.2. The SMILES string of the molecule is COc1ccccc1C(=O)NNC(=O)/C=C/C(=O)O. The monoisotopic (exact) mass is 264 g/mol. The summed E-state index contributed by atoms with van der Waals surface area (Å²) in [6.45, 7) is 0. The summed E-state index contributed by atoms with van der Waals surface area (Å²) in [4.78, 5) is 33.0. The predicted octanol–water partition coefficient (Wildman–Crippen LogP) is 0.0970. The molecular weight excluding hydrogens is 252 g/mol. The van der Waals surface area contributed by atoms with Gasteiger partial charge in [-0.1, -0.05) is 12.1 Å². The van der Waals surface area contributed by atoms with Crippen LogP contribution in [0.3, 0.4) is 0 Å². The number of amides is 2. The van der Waals surface area contributed by atoms with Gasteiger partial charge in [0.05, 0.1) is 12.7 Å². The topological polar surface area (TPSA) is 105 Å². The highest BCUT2D eigenvalue weighted by atomic mass is 16.5. The predicted molar refractivity (Wildman–Crippen MR) is 65.4 cm³/mol. The van der Waals surface area contributed by atoms with Gasteiger partial charge in [-0.05, 0) is 12.1 Å². The summed E-state index contributed by atoms with van der Waals surface area (Å²) in [5.74, 6) is -2.23. The second-order valence-corrected chi connectivity index (χ2v) is 3.32. The average Bonchev–Trinajstić information content (AvgIpc) is 2.42. The molecule has 0 spiro atoms. The largest absolute Gasteiger partial charge is 0.496 e. The fraction of sp³-hybridized carbons (Fsp3) is 0.0833. The molecule has 7 nitrogen and oxygen atoms in total. The van der Waals surface area contributed by atoms with Crippen LogP contribution >= 0.6 is 0 Å². The normalized spacial score (nSPS) is 9.95. The van der Waals surface area contributed by atoms with Crippen LogP contribution in [0.2, 0.25) is 0 Å². The van der Waals surface area contributed by atoms with Crippen LogP contribution in [0.4, 0.5) is 0 Å². The second-order valence-electron chi connectivity index (χ2n) is 3.32. The molecule has 0 aliphatic carbocycles. The van der Waals surface area contributed by atoms with Gasteiger partial charge in [-0.3, -0.25) is 20.4 Å². The Hall–Kier alpha value is -2.83. The fourth-order valence-electron chi connectivity index (χ4n) is 1.21. The van der Waals surface area contributed by atoms with Gasteiger partial charge >= 0.3 is 5.97 Å². The van der Waals surface area contributed by atoms with E-state index >= 15 is 0 Å². The molecule has 1 aromatic carbocycles. The van der Waals surface area contributed by atoms with Crippen LogP contribution in [-0.2, 0) is 9.59 Å². The van der Waals surface area contributed by atoms with Crippen molar-refractivity contribution in [3.63, 3.8) is 0 Å². The standard InChI is InChI=1S/C12H12N2O5/c1-19-9-5-3-2-4-8(9)12(18)14-13-10(15)6-7-11(16)17/h2-7H,1H3,(H,13,15)(H,14,18)(H,16,17)/b7-6+. The number of hydrogen-bond acceptors (Lipinski definition) is 4. The van der Waals surface area contributed by atoms with Gasteiger partial charge in [0.2, 0.25) is 0 Å². The lowest BCUT2D eigenvalue weighted by atomic mass is 10.2. The molecule has 7 heteroatoms. The number of carbonyl (C=O) groups is 3. The molecule has 1 aromatic rings. The molecule has 0 heterocycles. The van der Waals surface area contributed by atoms with Crippen LogP contribution in [0.15, 0.2) is 36.4 Å². The first-order chi connectivity index (χ1) is 9.04. The molecule has 3 N–H and O–H groups in total. The summed E-state index contributed by atoms with van der Waals surface area (Å²) in [6, 6.07) is 6.46. The minimum absolute atomic E-state index is 0.243. The Kier molecular flexibility index (Phi) is 5.09. The Labute approximate surface area is 108 Å². The summed E-state index contributed by atoms with van der Waals surface area (Å²) in [5, 5.41) is 8.32. The molecule has 0 bridgehead atoms. The molecule has 0 radical (unpaired) electrons. The number of carboxylic acids is 1. The van der Waals surface area contributed by atoms with E-state index in [9.17, 15) is 14.4 Å². The zero-order chi connectivity index (χ0) is 14.3.